The fourth-order valence-electron chi connectivity index (χ4n) is 3.97. The number of nitrogens with one attached hydrogen (secondary N) is 1. The second-order valence-electron chi connectivity index (χ2n) is 9.31. The summed E-state index contributed by atoms with van der Waals surface area (Å²) in [5, 5.41) is 14.2. The molecule has 0 saturated heterocycles. The zero-order valence-corrected chi connectivity index (χ0v) is 23.5. The number of hydrogen-bond acceptors (Lipinski definition) is 7. The summed E-state index contributed by atoms with van der Waals surface area (Å²) in [5.74, 6) is -0.548. The van der Waals surface area contributed by atoms with Gasteiger partial charge in [-0.25, -0.2) is 8.42 Å². The van der Waals surface area contributed by atoms with Gasteiger partial charge in [-0.3, -0.25) is 24.0 Å². The molecule has 0 radical (unpaired) electrons. The number of sulfonamides is 1. The van der Waals surface area contributed by atoms with Crippen molar-refractivity contribution in [3.05, 3.63) is 94.5 Å². The first-order chi connectivity index (χ1) is 18.9. The van der Waals surface area contributed by atoms with E-state index in [1.165, 1.54) is 54.5 Å². The van der Waals surface area contributed by atoms with Crippen molar-refractivity contribution in [1.82, 2.24) is 10.2 Å². The van der Waals surface area contributed by atoms with Gasteiger partial charge in [0.1, 0.15) is 18.3 Å². The number of nitro groups is 1. The van der Waals surface area contributed by atoms with Gasteiger partial charge in [0.15, 0.2) is 0 Å². The standard InChI is InChI=1S/C28H32N4O7S/c1-20(2)29-28(34)21(3)30(18-22-10-8-13-25(16-22)39-4)27(33)19-31(23-11-9-12-24(17-23)32(35)36)40(37,38)26-14-6-5-7-15-26/h5-17,20-21H,18-19H2,1-4H3,(H,29,34). The van der Waals surface area contributed by atoms with Gasteiger partial charge in [0.25, 0.3) is 15.7 Å². The maximum absolute atomic E-state index is 13.9. The number of rotatable bonds is 12. The van der Waals surface area contributed by atoms with Crippen molar-refractivity contribution in [2.24, 2.45) is 0 Å². The Kier molecular flexibility index (Phi) is 9.83. The Balaban J connectivity index is 2.07. The maximum Gasteiger partial charge on any atom is 0.271 e. The number of anilines is 1. The Morgan fingerprint density at radius 3 is 2.27 bits per heavy atom. The molecular formula is C28H32N4O7S. The smallest absolute Gasteiger partial charge is 0.271 e. The molecule has 0 saturated carbocycles. The highest BCUT2D eigenvalue weighted by Gasteiger charge is 2.33. The van der Waals surface area contributed by atoms with Crippen molar-refractivity contribution >= 4 is 33.2 Å². The number of methoxy groups -OCH3 is 1. The Morgan fingerprint density at radius 1 is 0.975 bits per heavy atom. The first kappa shape index (κ1) is 30.1. The zero-order chi connectivity index (χ0) is 29.4. The molecule has 212 valence electrons. The molecule has 3 aromatic carbocycles. The molecule has 0 spiro atoms. The van der Waals surface area contributed by atoms with Crippen molar-refractivity contribution in [3.8, 4) is 5.75 Å². The van der Waals surface area contributed by atoms with Crippen LogP contribution < -0.4 is 14.4 Å². The van der Waals surface area contributed by atoms with E-state index in [0.717, 1.165) is 10.4 Å². The number of amides is 2. The van der Waals surface area contributed by atoms with E-state index < -0.39 is 39.3 Å². The van der Waals surface area contributed by atoms with Crippen molar-refractivity contribution < 1.29 is 27.7 Å². The lowest BCUT2D eigenvalue weighted by molar-refractivity contribution is -0.384. The summed E-state index contributed by atoms with van der Waals surface area (Å²) >= 11 is 0. The van der Waals surface area contributed by atoms with Crippen LogP contribution in [0.25, 0.3) is 0 Å². The maximum atomic E-state index is 13.9. The quantitative estimate of drug-likeness (QED) is 0.259. The van der Waals surface area contributed by atoms with Gasteiger partial charge in [0, 0.05) is 24.7 Å². The second-order valence-corrected chi connectivity index (χ2v) is 11.2. The summed E-state index contributed by atoms with van der Waals surface area (Å²) in [5.41, 5.74) is 0.257. The van der Waals surface area contributed by atoms with Crippen LogP contribution in [0.5, 0.6) is 5.75 Å². The van der Waals surface area contributed by atoms with Crippen molar-refractivity contribution in [2.75, 3.05) is 18.0 Å². The summed E-state index contributed by atoms with van der Waals surface area (Å²) in [6.07, 6.45) is 0. The fourth-order valence-corrected chi connectivity index (χ4v) is 5.39. The van der Waals surface area contributed by atoms with Crippen LogP contribution in [0.3, 0.4) is 0 Å². The molecular weight excluding hydrogens is 536 g/mol. The van der Waals surface area contributed by atoms with Crippen LogP contribution in [0.15, 0.2) is 83.8 Å². The highest BCUT2D eigenvalue weighted by atomic mass is 32.2. The third kappa shape index (κ3) is 7.35. The Morgan fingerprint density at radius 2 is 1.65 bits per heavy atom. The molecule has 1 N–H and O–H groups in total. The lowest BCUT2D eigenvalue weighted by Crippen LogP contribution is -2.52. The fraction of sp³-hybridized carbons (Fsp3) is 0.286. The Labute approximate surface area is 233 Å². The summed E-state index contributed by atoms with van der Waals surface area (Å²) < 4.78 is 33.6. The molecule has 12 heteroatoms. The van der Waals surface area contributed by atoms with Gasteiger partial charge in [0.2, 0.25) is 11.8 Å². The molecule has 0 aliphatic carbocycles. The average molecular weight is 569 g/mol. The lowest BCUT2D eigenvalue weighted by atomic mass is 10.1. The van der Waals surface area contributed by atoms with E-state index in [1.54, 1.807) is 51.1 Å². The summed E-state index contributed by atoms with van der Waals surface area (Å²) in [6, 6.07) is 18.3. The van der Waals surface area contributed by atoms with E-state index >= 15 is 0 Å². The van der Waals surface area contributed by atoms with E-state index in [2.05, 4.69) is 5.32 Å². The third-order valence-electron chi connectivity index (χ3n) is 6.02. The number of ether oxygens (including phenoxy) is 1. The normalized spacial score (nSPS) is 11.9. The number of carbonyl (C=O) groups excluding carboxylic acids is 2. The number of hydrogen-bond donors (Lipinski definition) is 1. The summed E-state index contributed by atoms with van der Waals surface area (Å²) in [6.45, 7) is 4.41. The Bertz CT molecular complexity index is 1460. The summed E-state index contributed by atoms with van der Waals surface area (Å²) in [4.78, 5) is 38.8. The molecule has 0 aliphatic rings. The first-order valence-corrected chi connectivity index (χ1v) is 13.9. The molecule has 3 rings (SSSR count). The lowest BCUT2D eigenvalue weighted by Gasteiger charge is -2.32. The number of nitro benzene ring substituents is 1. The van der Waals surface area contributed by atoms with Gasteiger partial charge in [-0.1, -0.05) is 36.4 Å². The molecule has 0 bridgehead atoms. The molecule has 3 aromatic rings. The topological polar surface area (TPSA) is 139 Å². The molecule has 0 fully saturated rings. The van der Waals surface area contributed by atoms with E-state index in [9.17, 15) is 28.1 Å². The van der Waals surface area contributed by atoms with Gasteiger partial charge < -0.3 is 15.0 Å². The van der Waals surface area contributed by atoms with Gasteiger partial charge in [-0.2, -0.15) is 0 Å². The molecule has 0 aliphatic heterocycles. The first-order valence-electron chi connectivity index (χ1n) is 12.5. The molecule has 0 aromatic heterocycles. The number of non-ortho nitro benzene ring substituents is 1. The zero-order valence-electron chi connectivity index (χ0n) is 22.7. The van der Waals surface area contributed by atoms with E-state index in [4.69, 9.17) is 4.74 Å². The van der Waals surface area contributed by atoms with E-state index in [0.29, 0.717) is 11.3 Å². The van der Waals surface area contributed by atoms with Gasteiger partial charge in [-0.05, 0) is 56.7 Å². The van der Waals surface area contributed by atoms with Crippen LogP contribution in [-0.4, -0.2) is 55.8 Å². The molecule has 1 unspecified atom stereocenters. The molecule has 11 nitrogen and oxygen atoms in total. The van der Waals surface area contributed by atoms with Crippen molar-refractivity contribution in [2.45, 2.75) is 44.3 Å². The number of carbonyl (C=O) groups is 2. The molecule has 40 heavy (non-hydrogen) atoms. The van der Waals surface area contributed by atoms with E-state index in [1.807, 2.05) is 0 Å². The van der Waals surface area contributed by atoms with Crippen LogP contribution in [0.2, 0.25) is 0 Å². The third-order valence-corrected chi connectivity index (χ3v) is 7.81. The van der Waals surface area contributed by atoms with Gasteiger partial charge in [0.05, 0.1) is 22.6 Å². The van der Waals surface area contributed by atoms with Crippen LogP contribution in [-0.2, 0) is 26.2 Å². The minimum atomic E-state index is -4.33. The van der Waals surface area contributed by atoms with Gasteiger partial charge in [-0.15, -0.1) is 0 Å². The van der Waals surface area contributed by atoms with E-state index in [-0.39, 0.29) is 28.9 Å². The van der Waals surface area contributed by atoms with Crippen LogP contribution in [0, 0.1) is 10.1 Å². The molecule has 0 heterocycles. The van der Waals surface area contributed by atoms with Crippen LogP contribution in [0.1, 0.15) is 26.3 Å². The number of nitrogens with zero attached hydrogens (tertiary/aromatic N) is 3. The minimum Gasteiger partial charge on any atom is -0.497 e. The molecule has 1 atom stereocenters. The van der Waals surface area contributed by atoms with Crippen LogP contribution >= 0.6 is 0 Å². The monoisotopic (exact) mass is 568 g/mol. The SMILES string of the molecule is COc1cccc(CN(C(=O)CN(c2cccc([N+](=O)[O-])c2)S(=O)(=O)c2ccccc2)C(C)C(=O)NC(C)C)c1. The highest BCUT2D eigenvalue weighted by molar-refractivity contribution is 7.92. The number of benzene rings is 3. The predicted octanol–water partition coefficient (Wildman–Crippen LogP) is 3.74. The molecule has 2 amide bonds. The van der Waals surface area contributed by atoms with Gasteiger partial charge >= 0.3 is 0 Å². The largest absolute Gasteiger partial charge is 0.497 e. The average Bonchev–Trinajstić information content (AvgIpc) is 2.94. The van der Waals surface area contributed by atoms with Crippen LogP contribution in [0.4, 0.5) is 11.4 Å². The second kappa shape index (κ2) is 13.1. The highest BCUT2D eigenvalue weighted by Crippen LogP contribution is 2.27. The van der Waals surface area contributed by atoms with Crippen molar-refractivity contribution in [3.63, 3.8) is 0 Å². The van der Waals surface area contributed by atoms with Crippen molar-refractivity contribution in [1.29, 1.82) is 0 Å². The minimum absolute atomic E-state index is 0.0170. The predicted molar refractivity (Wildman–Crippen MR) is 150 cm³/mol. The summed E-state index contributed by atoms with van der Waals surface area (Å²) in [7, 11) is -2.82. The Hall–Kier alpha value is -4.45.